The van der Waals surface area contributed by atoms with Crippen LogP contribution in [-0.2, 0) is 6.54 Å². The summed E-state index contributed by atoms with van der Waals surface area (Å²) in [4.78, 5) is 19.3. The Morgan fingerprint density at radius 2 is 1.94 bits per heavy atom. The fourth-order valence-corrected chi connectivity index (χ4v) is 1.91. The summed E-state index contributed by atoms with van der Waals surface area (Å²) in [7, 11) is 0. The monoisotopic (exact) mass is 339 g/mol. The van der Waals surface area contributed by atoms with Gasteiger partial charge in [-0.25, -0.2) is 9.97 Å². The smallest absolute Gasteiger partial charge is 0.254 e. The maximum absolute atomic E-state index is 11.7. The lowest BCUT2D eigenvalue weighted by Gasteiger charge is -2.06. The van der Waals surface area contributed by atoms with E-state index >= 15 is 0 Å². The van der Waals surface area contributed by atoms with Gasteiger partial charge in [0.2, 0.25) is 0 Å². The Morgan fingerprint density at radius 3 is 2.65 bits per heavy atom. The summed E-state index contributed by atoms with van der Waals surface area (Å²) in [5, 5.41) is 2.83. The van der Waals surface area contributed by atoms with Crippen molar-refractivity contribution in [2.24, 2.45) is 0 Å². The second kappa shape index (κ2) is 5.72. The third kappa shape index (κ3) is 3.23. The molecule has 0 fully saturated rings. The average Bonchev–Trinajstić information content (AvgIpc) is 2.38. The first-order valence-electron chi connectivity index (χ1n) is 5.04. The van der Waals surface area contributed by atoms with Crippen LogP contribution in [0.5, 0.6) is 0 Å². The van der Waals surface area contributed by atoms with E-state index in [2.05, 4.69) is 37.9 Å². The maximum atomic E-state index is 11.7. The zero-order chi connectivity index (χ0) is 12.1. The molecule has 0 unspecified atom stereocenters. The number of hydrogen-bond acceptors (Lipinski definition) is 3. The lowest BCUT2D eigenvalue weighted by atomic mass is 10.2. The number of aromatic nitrogens is 2. The van der Waals surface area contributed by atoms with Gasteiger partial charge in [0.15, 0.2) is 0 Å². The lowest BCUT2D eigenvalue weighted by Crippen LogP contribution is -2.23. The zero-order valence-electron chi connectivity index (χ0n) is 8.93. The number of carbonyl (C=O) groups is 1. The molecule has 2 aromatic rings. The number of hydrogen-bond donors (Lipinski definition) is 1. The summed E-state index contributed by atoms with van der Waals surface area (Å²) in [6, 6.07) is 7.92. The molecule has 1 N–H and O–H groups in total. The largest absolute Gasteiger partial charge is 0.348 e. The molecule has 0 atom stereocenters. The van der Waals surface area contributed by atoms with Crippen molar-refractivity contribution in [3.8, 4) is 0 Å². The molecule has 1 heterocycles. The Morgan fingerprint density at radius 1 is 1.24 bits per heavy atom. The zero-order valence-corrected chi connectivity index (χ0v) is 11.1. The van der Waals surface area contributed by atoms with E-state index < -0.39 is 0 Å². The highest BCUT2D eigenvalue weighted by Gasteiger charge is 2.06. The molecule has 2 rings (SSSR count). The highest BCUT2D eigenvalue weighted by molar-refractivity contribution is 14.1. The third-order valence-corrected chi connectivity index (χ3v) is 3.27. The molecule has 0 bridgehead atoms. The minimum absolute atomic E-state index is 0.162. The van der Waals surface area contributed by atoms with Gasteiger partial charge in [0, 0.05) is 22.5 Å². The van der Waals surface area contributed by atoms with Crippen LogP contribution >= 0.6 is 22.6 Å². The second-order valence-corrected chi connectivity index (χ2v) is 4.56. The first-order chi connectivity index (χ1) is 8.27. The fourth-order valence-electron chi connectivity index (χ4n) is 1.34. The SMILES string of the molecule is O=C(NCc1ccccc1I)c1cncnc1. The molecule has 0 spiro atoms. The van der Waals surface area contributed by atoms with Crippen molar-refractivity contribution >= 4 is 28.5 Å². The molecule has 1 aromatic carbocycles. The van der Waals surface area contributed by atoms with E-state index in [1.807, 2.05) is 24.3 Å². The number of amides is 1. The Hall–Kier alpha value is -1.50. The minimum Gasteiger partial charge on any atom is -0.348 e. The first kappa shape index (κ1) is 12.0. The van der Waals surface area contributed by atoms with Gasteiger partial charge in [-0.2, -0.15) is 0 Å². The van der Waals surface area contributed by atoms with E-state index in [9.17, 15) is 4.79 Å². The highest BCUT2D eigenvalue weighted by atomic mass is 127. The molecule has 0 aliphatic heterocycles. The van der Waals surface area contributed by atoms with Crippen molar-refractivity contribution in [1.82, 2.24) is 15.3 Å². The van der Waals surface area contributed by atoms with Gasteiger partial charge < -0.3 is 5.32 Å². The second-order valence-electron chi connectivity index (χ2n) is 3.40. The van der Waals surface area contributed by atoms with Crippen LogP contribution in [-0.4, -0.2) is 15.9 Å². The van der Waals surface area contributed by atoms with E-state index in [0.717, 1.165) is 9.13 Å². The van der Waals surface area contributed by atoms with Crippen molar-refractivity contribution in [2.45, 2.75) is 6.54 Å². The predicted molar refractivity (Wildman–Crippen MR) is 72.4 cm³/mol. The van der Waals surface area contributed by atoms with Crippen LogP contribution < -0.4 is 5.32 Å². The summed E-state index contributed by atoms with van der Waals surface area (Å²) in [6.45, 7) is 0.507. The molecular weight excluding hydrogens is 329 g/mol. The Bertz CT molecular complexity index is 516. The van der Waals surface area contributed by atoms with Crippen LogP contribution in [0.3, 0.4) is 0 Å². The molecule has 4 nitrogen and oxygen atoms in total. The summed E-state index contributed by atoms with van der Waals surface area (Å²) in [5.41, 5.74) is 1.57. The molecule has 0 saturated carbocycles. The summed E-state index contributed by atoms with van der Waals surface area (Å²) in [6.07, 6.45) is 4.40. The van der Waals surface area contributed by atoms with Crippen molar-refractivity contribution in [3.05, 3.63) is 57.7 Å². The summed E-state index contributed by atoms with van der Waals surface area (Å²) < 4.78 is 1.13. The Labute approximate surface area is 113 Å². The number of nitrogens with zero attached hydrogens (tertiary/aromatic N) is 2. The van der Waals surface area contributed by atoms with Crippen LogP contribution in [0.25, 0.3) is 0 Å². The summed E-state index contributed by atoms with van der Waals surface area (Å²) >= 11 is 2.25. The van der Waals surface area contributed by atoms with E-state index in [1.54, 1.807) is 0 Å². The average molecular weight is 339 g/mol. The molecule has 0 aliphatic carbocycles. The van der Waals surface area contributed by atoms with E-state index in [4.69, 9.17) is 0 Å². The van der Waals surface area contributed by atoms with Gasteiger partial charge in [-0.15, -0.1) is 0 Å². The van der Waals surface area contributed by atoms with Gasteiger partial charge in [0.1, 0.15) is 6.33 Å². The maximum Gasteiger partial charge on any atom is 0.254 e. The number of benzene rings is 1. The molecule has 86 valence electrons. The van der Waals surface area contributed by atoms with Crippen molar-refractivity contribution < 1.29 is 4.79 Å². The summed E-state index contributed by atoms with van der Waals surface area (Å²) in [5.74, 6) is -0.162. The minimum atomic E-state index is -0.162. The van der Waals surface area contributed by atoms with Crippen LogP contribution in [0.1, 0.15) is 15.9 Å². The molecule has 5 heteroatoms. The number of nitrogens with one attached hydrogen (secondary N) is 1. The highest BCUT2D eigenvalue weighted by Crippen LogP contribution is 2.10. The van der Waals surface area contributed by atoms with Gasteiger partial charge in [0.25, 0.3) is 5.91 Å². The quantitative estimate of drug-likeness (QED) is 0.871. The fraction of sp³-hybridized carbons (Fsp3) is 0.0833. The topological polar surface area (TPSA) is 54.9 Å². The van der Waals surface area contributed by atoms with Crippen LogP contribution in [0, 0.1) is 3.57 Å². The standard InChI is InChI=1S/C12H10IN3O/c13-11-4-2-1-3-9(11)7-16-12(17)10-5-14-8-15-6-10/h1-6,8H,7H2,(H,16,17). The van der Waals surface area contributed by atoms with Crippen LogP contribution in [0.2, 0.25) is 0 Å². The Balaban J connectivity index is 2.00. The molecule has 1 aromatic heterocycles. The van der Waals surface area contributed by atoms with Crippen molar-refractivity contribution in [3.63, 3.8) is 0 Å². The lowest BCUT2D eigenvalue weighted by molar-refractivity contribution is 0.0950. The van der Waals surface area contributed by atoms with Crippen molar-refractivity contribution in [1.29, 1.82) is 0 Å². The van der Waals surface area contributed by atoms with Crippen LogP contribution in [0.15, 0.2) is 43.0 Å². The van der Waals surface area contributed by atoms with Gasteiger partial charge in [-0.3, -0.25) is 4.79 Å². The molecule has 1 amide bonds. The van der Waals surface area contributed by atoms with Gasteiger partial charge in [-0.05, 0) is 34.2 Å². The first-order valence-corrected chi connectivity index (χ1v) is 6.12. The third-order valence-electron chi connectivity index (χ3n) is 2.22. The van der Waals surface area contributed by atoms with Gasteiger partial charge in [0.05, 0.1) is 5.56 Å². The molecule has 17 heavy (non-hydrogen) atoms. The van der Waals surface area contributed by atoms with E-state index in [-0.39, 0.29) is 5.91 Å². The molecule has 0 saturated heterocycles. The van der Waals surface area contributed by atoms with E-state index in [0.29, 0.717) is 12.1 Å². The van der Waals surface area contributed by atoms with Gasteiger partial charge in [-0.1, -0.05) is 18.2 Å². The molecular formula is C12H10IN3O. The van der Waals surface area contributed by atoms with Gasteiger partial charge >= 0.3 is 0 Å². The number of halogens is 1. The number of rotatable bonds is 3. The Kier molecular flexibility index (Phi) is 4.03. The van der Waals surface area contributed by atoms with Crippen LogP contribution in [0.4, 0.5) is 0 Å². The molecule has 0 radical (unpaired) electrons. The van der Waals surface area contributed by atoms with E-state index in [1.165, 1.54) is 18.7 Å². The number of carbonyl (C=O) groups excluding carboxylic acids is 1. The normalized spacial score (nSPS) is 9.94. The van der Waals surface area contributed by atoms with Crippen molar-refractivity contribution in [2.75, 3.05) is 0 Å². The predicted octanol–water partition coefficient (Wildman–Crippen LogP) is 2.01. The molecule has 0 aliphatic rings.